The van der Waals surface area contributed by atoms with Crippen LogP contribution in [0.2, 0.25) is 0 Å². The standard InChI is InChI=1S/C34H34N2O3/c1-38-31-18-17-28-21-30(16-15-29(28)22-31)32-23-34(19-9-4-10-20-34)35(24-26-11-5-2-6-12-26)36(32)33(37)39-25-27-13-7-3-8-14-27/h2-3,5-8,11-18,21-23H,4,9-10,19-20,24-25H2,1H3. The molecule has 0 atom stereocenters. The first-order valence-electron chi connectivity index (χ1n) is 13.8. The van der Waals surface area contributed by atoms with Gasteiger partial charge in [-0.3, -0.25) is 0 Å². The topological polar surface area (TPSA) is 42.0 Å². The highest BCUT2D eigenvalue weighted by Crippen LogP contribution is 2.46. The molecule has 1 aliphatic carbocycles. The van der Waals surface area contributed by atoms with Gasteiger partial charge in [0.2, 0.25) is 0 Å². The molecule has 2 aliphatic rings. The Morgan fingerprint density at radius 3 is 2.18 bits per heavy atom. The Kier molecular flexibility index (Phi) is 7.08. The van der Waals surface area contributed by atoms with Gasteiger partial charge in [0, 0.05) is 12.1 Å². The molecule has 4 aromatic rings. The Bertz CT molecular complexity index is 1480. The molecule has 4 aromatic carbocycles. The van der Waals surface area contributed by atoms with Crippen molar-refractivity contribution in [1.29, 1.82) is 0 Å². The molecule has 5 heteroatoms. The van der Waals surface area contributed by atoms with E-state index in [1.165, 1.54) is 12.0 Å². The van der Waals surface area contributed by atoms with Gasteiger partial charge in [-0.15, -0.1) is 0 Å². The number of carbonyl (C=O) groups is 1. The number of amides is 1. The highest BCUT2D eigenvalue weighted by atomic mass is 16.6. The van der Waals surface area contributed by atoms with Gasteiger partial charge in [-0.05, 0) is 59.0 Å². The van der Waals surface area contributed by atoms with Crippen LogP contribution in [-0.2, 0) is 17.9 Å². The molecule has 39 heavy (non-hydrogen) atoms. The molecular weight excluding hydrogens is 484 g/mol. The van der Waals surface area contributed by atoms with Crippen LogP contribution in [0.15, 0.2) is 103 Å². The zero-order chi connectivity index (χ0) is 26.7. The fraction of sp³-hybridized carbons (Fsp3) is 0.265. The number of hydrogen-bond acceptors (Lipinski definition) is 4. The summed E-state index contributed by atoms with van der Waals surface area (Å²) in [6.07, 6.45) is 7.51. The summed E-state index contributed by atoms with van der Waals surface area (Å²) >= 11 is 0. The van der Waals surface area contributed by atoms with E-state index in [0.29, 0.717) is 6.54 Å². The van der Waals surface area contributed by atoms with E-state index in [4.69, 9.17) is 9.47 Å². The van der Waals surface area contributed by atoms with Gasteiger partial charge in [-0.25, -0.2) is 9.80 Å². The molecule has 0 radical (unpaired) electrons. The van der Waals surface area contributed by atoms with E-state index in [1.54, 1.807) is 7.11 Å². The van der Waals surface area contributed by atoms with Crippen molar-refractivity contribution in [2.75, 3.05) is 7.11 Å². The number of nitrogens with zero attached hydrogens (tertiary/aromatic N) is 2. The SMILES string of the molecule is COc1ccc2cc(C3=CC4(CCCCC4)N(Cc4ccccc4)N3C(=O)OCc3ccccc3)ccc2c1. The molecule has 1 aliphatic heterocycles. The van der Waals surface area contributed by atoms with Gasteiger partial charge < -0.3 is 9.47 Å². The normalized spacial score (nSPS) is 16.8. The maximum absolute atomic E-state index is 14.0. The third kappa shape index (κ3) is 5.15. The molecule has 1 amide bonds. The van der Waals surface area contributed by atoms with Crippen molar-refractivity contribution < 1.29 is 14.3 Å². The zero-order valence-corrected chi connectivity index (χ0v) is 22.4. The molecular formula is C34H34N2O3. The van der Waals surface area contributed by atoms with Gasteiger partial charge in [0.05, 0.1) is 18.3 Å². The number of methoxy groups -OCH3 is 1. The van der Waals surface area contributed by atoms with Crippen molar-refractivity contribution in [3.05, 3.63) is 120 Å². The number of benzene rings is 4. The number of hydrazine groups is 1. The first kappa shape index (κ1) is 25.2. The van der Waals surface area contributed by atoms with Crippen molar-refractivity contribution >= 4 is 22.6 Å². The molecule has 1 saturated carbocycles. The maximum atomic E-state index is 14.0. The average Bonchev–Trinajstić information content (AvgIpc) is 3.29. The Labute approximate surface area is 230 Å². The van der Waals surface area contributed by atoms with Crippen LogP contribution < -0.4 is 4.74 Å². The van der Waals surface area contributed by atoms with E-state index >= 15 is 0 Å². The molecule has 0 aromatic heterocycles. The lowest BCUT2D eigenvalue weighted by atomic mass is 9.81. The minimum Gasteiger partial charge on any atom is -0.497 e. The number of hydrogen-bond donors (Lipinski definition) is 0. The molecule has 0 unspecified atom stereocenters. The minimum absolute atomic E-state index is 0.229. The fourth-order valence-corrected chi connectivity index (χ4v) is 5.96. The first-order chi connectivity index (χ1) is 19.1. The summed E-state index contributed by atoms with van der Waals surface area (Å²) in [5.41, 5.74) is 3.80. The summed E-state index contributed by atoms with van der Waals surface area (Å²) in [6, 6.07) is 32.7. The van der Waals surface area contributed by atoms with Crippen LogP contribution in [0.4, 0.5) is 4.79 Å². The summed E-state index contributed by atoms with van der Waals surface area (Å²) in [4.78, 5) is 14.0. The second-order valence-corrected chi connectivity index (χ2v) is 10.5. The quantitative estimate of drug-likeness (QED) is 0.260. The maximum Gasteiger partial charge on any atom is 0.429 e. The smallest absolute Gasteiger partial charge is 0.429 e. The van der Waals surface area contributed by atoms with Gasteiger partial charge in [-0.1, -0.05) is 98.1 Å². The van der Waals surface area contributed by atoms with Crippen LogP contribution in [0.1, 0.15) is 48.8 Å². The Morgan fingerprint density at radius 2 is 1.46 bits per heavy atom. The van der Waals surface area contributed by atoms with Crippen molar-refractivity contribution in [3.8, 4) is 5.75 Å². The second-order valence-electron chi connectivity index (χ2n) is 10.5. The third-order valence-corrected chi connectivity index (χ3v) is 8.00. The highest BCUT2D eigenvalue weighted by molar-refractivity contribution is 5.90. The van der Waals surface area contributed by atoms with Crippen LogP contribution in [0, 0.1) is 0 Å². The number of ether oxygens (including phenoxy) is 2. The van der Waals surface area contributed by atoms with Crippen molar-refractivity contribution in [1.82, 2.24) is 10.0 Å². The molecule has 198 valence electrons. The molecule has 1 spiro atoms. The lowest BCUT2D eigenvalue weighted by Gasteiger charge is -2.43. The van der Waals surface area contributed by atoms with Gasteiger partial charge in [0.1, 0.15) is 12.4 Å². The number of carbonyl (C=O) groups excluding carboxylic acids is 1. The lowest BCUT2D eigenvalue weighted by Crippen LogP contribution is -2.53. The summed E-state index contributed by atoms with van der Waals surface area (Å²) < 4.78 is 11.4. The van der Waals surface area contributed by atoms with Gasteiger partial charge >= 0.3 is 6.09 Å². The third-order valence-electron chi connectivity index (χ3n) is 8.00. The van der Waals surface area contributed by atoms with E-state index < -0.39 is 0 Å². The molecule has 0 N–H and O–H groups in total. The predicted octanol–water partition coefficient (Wildman–Crippen LogP) is 7.96. The fourth-order valence-electron chi connectivity index (χ4n) is 5.96. The van der Waals surface area contributed by atoms with Crippen molar-refractivity contribution in [2.24, 2.45) is 0 Å². The molecule has 6 rings (SSSR count). The Hall–Kier alpha value is -4.09. The summed E-state index contributed by atoms with van der Waals surface area (Å²) in [5, 5.41) is 6.28. The first-order valence-corrected chi connectivity index (χ1v) is 13.8. The van der Waals surface area contributed by atoms with Gasteiger partial charge in [0.15, 0.2) is 0 Å². The lowest BCUT2D eigenvalue weighted by molar-refractivity contribution is -0.0480. The van der Waals surface area contributed by atoms with Crippen LogP contribution in [0.5, 0.6) is 5.75 Å². The second kappa shape index (κ2) is 11.0. The Balaban J connectivity index is 1.41. The summed E-state index contributed by atoms with van der Waals surface area (Å²) in [6.45, 7) is 0.860. The van der Waals surface area contributed by atoms with E-state index in [0.717, 1.165) is 59.0 Å². The van der Waals surface area contributed by atoms with Gasteiger partial charge in [-0.2, -0.15) is 5.01 Å². The van der Waals surface area contributed by atoms with E-state index in [2.05, 4.69) is 59.6 Å². The van der Waals surface area contributed by atoms with Crippen molar-refractivity contribution in [2.45, 2.75) is 50.8 Å². The monoisotopic (exact) mass is 518 g/mol. The van der Waals surface area contributed by atoms with Crippen LogP contribution in [0.25, 0.3) is 16.5 Å². The van der Waals surface area contributed by atoms with Crippen molar-refractivity contribution in [3.63, 3.8) is 0 Å². The minimum atomic E-state index is -0.349. The summed E-state index contributed by atoms with van der Waals surface area (Å²) in [7, 11) is 1.68. The molecule has 0 bridgehead atoms. The van der Waals surface area contributed by atoms with Gasteiger partial charge in [0.25, 0.3) is 0 Å². The highest BCUT2D eigenvalue weighted by Gasteiger charge is 2.48. The molecule has 1 fully saturated rings. The van der Waals surface area contributed by atoms with Crippen LogP contribution >= 0.6 is 0 Å². The number of fused-ring (bicyclic) bond motifs is 1. The van der Waals surface area contributed by atoms with E-state index in [1.807, 2.05) is 53.5 Å². The molecule has 0 saturated heterocycles. The van der Waals surface area contributed by atoms with Crippen LogP contribution in [0.3, 0.4) is 0 Å². The zero-order valence-electron chi connectivity index (χ0n) is 22.4. The van der Waals surface area contributed by atoms with E-state index in [9.17, 15) is 4.79 Å². The largest absolute Gasteiger partial charge is 0.497 e. The average molecular weight is 519 g/mol. The summed E-state index contributed by atoms with van der Waals surface area (Å²) in [5.74, 6) is 0.830. The molecule has 5 nitrogen and oxygen atoms in total. The van der Waals surface area contributed by atoms with Crippen LogP contribution in [-0.4, -0.2) is 28.8 Å². The number of rotatable bonds is 6. The predicted molar refractivity (Wildman–Crippen MR) is 155 cm³/mol. The Morgan fingerprint density at radius 1 is 0.795 bits per heavy atom. The molecule has 1 heterocycles. The van der Waals surface area contributed by atoms with E-state index in [-0.39, 0.29) is 18.2 Å².